The van der Waals surface area contributed by atoms with Crippen molar-refractivity contribution in [2.24, 2.45) is 0 Å². The molecule has 2 nitrogen and oxygen atoms in total. The first-order chi connectivity index (χ1) is 9.12. The number of rotatable bonds is 5. The van der Waals surface area contributed by atoms with Crippen LogP contribution in [0.1, 0.15) is 44.6 Å². The standard InChI is InChI=1S/C16H22FNO/c1-3-4-12-18(2)15(19)16(10-7-11-16)13-8-5-6-9-14(13)17/h5-6,8-9H,3-4,7,10-12H2,1-2H3. The Morgan fingerprint density at radius 2 is 2.05 bits per heavy atom. The number of benzene rings is 1. The fourth-order valence-electron chi connectivity index (χ4n) is 2.84. The van der Waals surface area contributed by atoms with E-state index in [0.29, 0.717) is 5.56 Å². The molecule has 2 rings (SSSR count). The maximum Gasteiger partial charge on any atom is 0.233 e. The Morgan fingerprint density at radius 1 is 1.37 bits per heavy atom. The van der Waals surface area contributed by atoms with Crippen LogP contribution in [-0.4, -0.2) is 24.4 Å². The van der Waals surface area contributed by atoms with Gasteiger partial charge in [0, 0.05) is 19.2 Å². The molecule has 0 aliphatic heterocycles. The van der Waals surface area contributed by atoms with E-state index in [2.05, 4.69) is 6.92 Å². The number of nitrogens with zero attached hydrogens (tertiary/aromatic N) is 1. The first-order valence-electron chi connectivity index (χ1n) is 7.12. The van der Waals surface area contributed by atoms with Crippen LogP contribution < -0.4 is 0 Å². The minimum Gasteiger partial charge on any atom is -0.345 e. The first kappa shape index (κ1) is 14.0. The molecule has 0 N–H and O–H groups in total. The quantitative estimate of drug-likeness (QED) is 0.796. The van der Waals surface area contributed by atoms with Gasteiger partial charge in [0.05, 0.1) is 5.41 Å². The summed E-state index contributed by atoms with van der Waals surface area (Å²) in [6.45, 7) is 2.86. The zero-order chi connectivity index (χ0) is 13.9. The van der Waals surface area contributed by atoms with Crippen molar-refractivity contribution in [2.45, 2.75) is 44.4 Å². The average Bonchev–Trinajstić information content (AvgIpc) is 2.36. The summed E-state index contributed by atoms with van der Waals surface area (Å²) >= 11 is 0. The Bertz CT molecular complexity index is 454. The van der Waals surface area contributed by atoms with Crippen LogP contribution in [0, 0.1) is 5.82 Å². The normalized spacial score (nSPS) is 16.8. The van der Waals surface area contributed by atoms with E-state index in [1.807, 2.05) is 13.1 Å². The largest absolute Gasteiger partial charge is 0.345 e. The van der Waals surface area contributed by atoms with Gasteiger partial charge in [-0.2, -0.15) is 0 Å². The summed E-state index contributed by atoms with van der Waals surface area (Å²) in [6.07, 6.45) is 4.59. The monoisotopic (exact) mass is 263 g/mol. The van der Waals surface area contributed by atoms with Crippen LogP contribution in [0.25, 0.3) is 0 Å². The molecule has 0 aromatic heterocycles. The van der Waals surface area contributed by atoms with Crippen LogP contribution in [0.5, 0.6) is 0 Å². The lowest BCUT2D eigenvalue weighted by atomic mass is 9.63. The molecule has 1 fully saturated rings. The third kappa shape index (κ3) is 2.51. The topological polar surface area (TPSA) is 20.3 Å². The molecular weight excluding hydrogens is 241 g/mol. The highest BCUT2D eigenvalue weighted by Gasteiger charge is 2.48. The van der Waals surface area contributed by atoms with E-state index in [1.54, 1.807) is 17.0 Å². The van der Waals surface area contributed by atoms with Crippen molar-refractivity contribution in [2.75, 3.05) is 13.6 Å². The predicted octanol–water partition coefficient (Wildman–Crippen LogP) is 3.51. The van der Waals surface area contributed by atoms with Gasteiger partial charge in [-0.05, 0) is 25.3 Å². The van der Waals surface area contributed by atoms with E-state index in [0.717, 1.165) is 38.6 Å². The van der Waals surface area contributed by atoms with Crippen molar-refractivity contribution >= 4 is 5.91 Å². The number of carbonyl (C=O) groups is 1. The Balaban J connectivity index is 2.23. The van der Waals surface area contributed by atoms with Crippen LogP contribution in [0.15, 0.2) is 24.3 Å². The molecular formula is C16H22FNO. The molecule has 0 atom stereocenters. The van der Waals surface area contributed by atoms with Gasteiger partial charge in [0.25, 0.3) is 0 Å². The minimum absolute atomic E-state index is 0.0808. The van der Waals surface area contributed by atoms with Gasteiger partial charge >= 0.3 is 0 Å². The van der Waals surface area contributed by atoms with Crippen LogP contribution in [0.2, 0.25) is 0 Å². The van der Waals surface area contributed by atoms with Gasteiger partial charge < -0.3 is 4.90 Å². The van der Waals surface area contributed by atoms with E-state index < -0.39 is 5.41 Å². The summed E-state index contributed by atoms with van der Waals surface area (Å²) in [5.74, 6) is -0.170. The number of hydrogen-bond acceptors (Lipinski definition) is 1. The van der Waals surface area contributed by atoms with Crippen LogP contribution in [0.4, 0.5) is 4.39 Å². The zero-order valence-corrected chi connectivity index (χ0v) is 11.8. The maximum atomic E-state index is 14.0. The second-order valence-electron chi connectivity index (χ2n) is 5.50. The Morgan fingerprint density at radius 3 is 2.58 bits per heavy atom. The summed E-state index contributed by atoms with van der Waals surface area (Å²) in [7, 11) is 1.83. The molecule has 0 bridgehead atoms. The van der Waals surface area contributed by atoms with E-state index in [9.17, 15) is 9.18 Å². The van der Waals surface area contributed by atoms with Gasteiger partial charge in [-0.15, -0.1) is 0 Å². The Labute approximate surface area is 114 Å². The molecule has 1 aromatic rings. The van der Waals surface area contributed by atoms with Crippen molar-refractivity contribution in [1.29, 1.82) is 0 Å². The van der Waals surface area contributed by atoms with Crippen molar-refractivity contribution in [1.82, 2.24) is 4.90 Å². The highest BCUT2D eigenvalue weighted by atomic mass is 19.1. The Hall–Kier alpha value is -1.38. The highest BCUT2D eigenvalue weighted by Crippen LogP contribution is 2.45. The fraction of sp³-hybridized carbons (Fsp3) is 0.562. The number of amides is 1. The molecule has 0 heterocycles. The lowest BCUT2D eigenvalue weighted by Gasteiger charge is -2.43. The zero-order valence-electron chi connectivity index (χ0n) is 11.8. The smallest absolute Gasteiger partial charge is 0.233 e. The molecule has 1 aliphatic carbocycles. The number of carbonyl (C=O) groups excluding carboxylic acids is 1. The van der Waals surface area contributed by atoms with Gasteiger partial charge in [0.2, 0.25) is 5.91 Å². The summed E-state index contributed by atoms with van der Waals surface area (Å²) in [5, 5.41) is 0. The molecule has 1 saturated carbocycles. The van der Waals surface area contributed by atoms with Gasteiger partial charge in [0.1, 0.15) is 5.82 Å². The first-order valence-corrected chi connectivity index (χ1v) is 7.12. The third-order valence-corrected chi connectivity index (χ3v) is 4.20. The van der Waals surface area contributed by atoms with Gasteiger partial charge in [-0.25, -0.2) is 4.39 Å². The summed E-state index contributed by atoms with van der Waals surface area (Å²) in [4.78, 5) is 14.4. The van der Waals surface area contributed by atoms with Crippen LogP contribution >= 0.6 is 0 Å². The second kappa shape index (κ2) is 5.72. The molecule has 104 valence electrons. The molecule has 1 aliphatic rings. The molecule has 0 radical (unpaired) electrons. The molecule has 1 amide bonds. The average molecular weight is 263 g/mol. The molecule has 0 unspecified atom stereocenters. The lowest BCUT2D eigenvalue weighted by Crippen LogP contribution is -2.50. The van der Waals surface area contributed by atoms with Gasteiger partial charge in [-0.1, -0.05) is 38.0 Å². The van der Waals surface area contributed by atoms with Crippen molar-refractivity contribution in [3.05, 3.63) is 35.6 Å². The van der Waals surface area contributed by atoms with Crippen molar-refractivity contribution in [3.63, 3.8) is 0 Å². The summed E-state index contributed by atoms with van der Waals surface area (Å²) in [5.41, 5.74) is -0.0250. The van der Waals surface area contributed by atoms with Crippen LogP contribution in [0.3, 0.4) is 0 Å². The van der Waals surface area contributed by atoms with Crippen molar-refractivity contribution in [3.8, 4) is 0 Å². The third-order valence-electron chi connectivity index (χ3n) is 4.20. The van der Waals surface area contributed by atoms with E-state index >= 15 is 0 Å². The highest BCUT2D eigenvalue weighted by molar-refractivity contribution is 5.89. The number of halogens is 1. The van der Waals surface area contributed by atoms with Gasteiger partial charge in [-0.3, -0.25) is 4.79 Å². The number of likely N-dealkylation sites (N-methyl/N-ethyl adjacent to an activating group) is 1. The van der Waals surface area contributed by atoms with E-state index in [1.165, 1.54) is 6.07 Å². The lowest BCUT2D eigenvalue weighted by molar-refractivity contribution is -0.139. The Kier molecular flexibility index (Phi) is 4.23. The molecule has 0 saturated heterocycles. The predicted molar refractivity (Wildman–Crippen MR) is 74.5 cm³/mol. The van der Waals surface area contributed by atoms with Gasteiger partial charge in [0.15, 0.2) is 0 Å². The number of hydrogen-bond donors (Lipinski definition) is 0. The summed E-state index contributed by atoms with van der Waals surface area (Å²) < 4.78 is 14.0. The molecule has 3 heteroatoms. The van der Waals surface area contributed by atoms with E-state index in [4.69, 9.17) is 0 Å². The van der Waals surface area contributed by atoms with Crippen LogP contribution in [-0.2, 0) is 10.2 Å². The second-order valence-corrected chi connectivity index (χ2v) is 5.50. The molecule has 19 heavy (non-hydrogen) atoms. The van der Waals surface area contributed by atoms with Crippen molar-refractivity contribution < 1.29 is 9.18 Å². The summed E-state index contributed by atoms with van der Waals surface area (Å²) in [6, 6.07) is 6.71. The fourth-order valence-corrected chi connectivity index (χ4v) is 2.84. The minimum atomic E-state index is -0.603. The SMILES string of the molecule is CCCCN(C)C(=O)C1(c2ccccc2F)CCC1. The molecule has 0 spiro atoms. The van der Waals surface area contributed by atoms with E-state index in [-0.39, 0.29) is 11.7 Å². The number of unbranched alkanes of at least 4 members (excludes halogenated alkanes) is 1. The maximum absolute atomic E-state index is 14.0. The molecule has 1 aromatic carbocycles.